The molecule has 0 aliphatic carbocycles. The number of benzene rings is 2. The molecule has 2 rings (SSSR count). The van der Waals surface area contributed by atoms with Crippen LogP contribution in [0.3, 0.4) is 0 Å². The summed E-state index contributed by atoms with van der Waals surface area (Å²) in [5.74, 6) is -0.130. The van der Waals surface area contributed by atoms with Crippen molar-refractivity contribution >= 4 is 12.2 Å². The zero-order valence-electron chi connectivity index (χ0n) is 15.0. The fraction of sp³-hybridized carbons (Fsp3) is 0.273. The maximum atomic E-state index is 12.0. The van der Waals surface area contributed by atoms with Crippen LogP contribution in [0.1, 0.15) is 37.0 Å². The van der Waals surface area contributed by atoms with Crippen LogP contribution in [0, 0.1) is 0 Å². The minimum Gasteiger partial charge on any atom is -0.388 e. The highest BCUT2D eigenvalue weighted by atomic mass is 16.3. The van der Waals surface area contributed by atoms with Crippen LogP contribution in [-0.2, 0) is 16.1 Å². The molecule has 0 aromatic heterocycles. The van der Waals surface area contributed by atoms with Crippen LogP contribution in [0.4, 0.5) is 0 Å². The number of aliphatic hydroxyl groups excluding tert-OH is 1. The van der Waals surface area contributed by atoms with E-state index in [0.29, 0.717) is 13.0 Å². The molecule has 0 bridgehead atoms. The number of hydrogen-bond acceptors (Lipinski definition) is 3. The van der Waals surface area contributed by atoms with Crippen molar-refractivity contribution in [2.45, 2.75) is 38.5 Å². The van der Waals surface area contributed by atoms with E-state index in [1.54, 1.807) is 23.1 Å². The summed E-state index contributed by atoms with van der Waals surface area (Å²) < 4.78 is 0. The molecule has 136 valence electrons. The summed E-state index contributed by atoms with van der Waals surface area (Å²) in [6.07, 6.45) is 3.94. The van der Waals surface area contributed by atoms with Crippen molar-refractivity contribution in [1.29, 1.82) is 0 Å². The van der Waals surface area contributed by atoms with E-state index in [2.05, 4.69) is 0 Å². The summed E-state index contributed by atoms with van der Waals surface area (Å²) in [5.41, 5.74) is 1.80. The number of amides is 1. The first-order chi connectivity index (χ1) is 12.6. The molecule has 0 heterocycles. The Labute approximate surface area is 154 Å². The third-order valence-electron chi connectivity index (χ3n) is 4.27. The van der Waals surface area contributed by atoms with Crippen LogP contribution in [-0.4, -0.2) is 28.2 Å². The number of ketones is 1. The zero-order chi connectivity index (χ0) is 18.8. The number of hydrogen-bond donors (Lipinski definition) is 1. The smallest absolute Gasteiger partial charge is 0.210 e. The molecular formula is C22H25NO3. The third kappa shape index (κ3) is 6.30. The second-order valence-corrected chi connectivity index (χ2v) is 6.35. The van der Waals surface area contributed by atoms with Crippen LogP contribution in [0.15, 0.2) is 72.8 Å². The highest BCUT2D eigenvalue weighted by Crippen LogP contribution is 2.16. The fourth-order valence-corrected chi connectivity index (χ4v) is 2.67. The molecule has 2 aromatic rings. The van der Waals surface area contributed by atoms with Crippen molar-refractivity contribution in [2.24, 2.45) is 0 Å². The Morgan fingerprint density at radius 2 is 1.69 bits per heavy atom. The van der Waals surface area contributed by atoms with E-state index in [1.165, 1.54) is 6.08 Å². The van der Waals surface area contributed by atoms with E-state index in [1.807, 2.05) is 55.5 Å². The molecule has 0 radical (unpaired) electrons. The van der Waals surface area contributed by atoms with Gasteiger partial charge in [-0.05, 0) is 30.5 Å². The average Bonchev–Trinajstić information content (AvgIpc) is 2.67. The molecule has 0 saturated heterocycles. The zero-order valence-corrected chi connectivity index (χ0v) is 15.0. The van der Waals surface area contributed by atoms with Gasteiger partial charge in [-0.25, -0.2) is 0 Å². The summed E-state index contributed by atoms with van der Waals surface area (Å²) in [5, 5.41) is 10.1. The summed E-state index contributed by atoms with van der Waals surface area (Å²) >= 11 is 0. The lowest BCUT2D eigenvalue weighted by atomic mass is 10.0. The highest BCUT2D eigenvalue weighted by molar-refractivity contribution is 5.90. The lowest BCUT2D eigenvalue weighted by molar-refractivity contribution is -0.120. The number of allylic oxidation sites excluding steroid dienone is 1. The second-order valence-electron chi connectivity index (χ2n) is 6.35. The van der Waals surface area contributed by atoms with Crippen molar-refractivity contribution in [2.75, 3.05) is 0 Å². The predicted octanol–water partition coefficient (Wildman–Crippen LogP) is 3.67. The highest BCUT2D eigenvalue weighted by Gasteiger charge is 2.12. The molecule has 2 aromatic carbocycles. The number of aliphatic hydroxyl groups is 1. The van der Waals surface area contributed by atoms with Gasteiger partial charge in [-0.15, -0.1) is 0 Å². The Hall–Kier alpha value is -2.72. The number of nitrogens with zero attached hydrogens (tertiary/aromatic N) is 1. The van der Waals surface area contributed by atoms with E-state index >= 15 is 0 Å². The topological polar surface area (TPSA) is 57.6 Å². The minimum absolute atomic E-state index is 0.0178. The first kappa shape index (κ1) is 19.6. The molecule has 4 heteroatoms. The van der Waals surface area contributed by atoms with Gasteiger partial charge in [0.05, 0.1) is 6.10 Å². The normalized spacial score (nSPS) is 13.3. The molecule has 26 heavy (non-hydrogen) atoms. The average molecular weight is 351 g/mol. The molecule has 0 fully saturated rings. The molecule has 0 aliphatic rings. The van der Waals surface area contributed by atoms with Crippen molar-refractivity contribution in [1.82, 2.24) is 4.90 Å². The van der Waals surface area contributed by atoms with Crippen LogP contribution in [0.2, 0.25) is 0 Å². The van der Waals surface area contributed by atoms with Crippen molar-refractivity contribution in [3.05, 3.63) is 83.9 Å². The van der Waals surface area contributed by atoms with Gasteiger partial charge in [-0.3, -0.25) is 9.59 Å². The molecule has 0 spiro atoms. The van der Waals surface area contributed by atoms with E-state index in [4.69, 9.17) is 0 Å². The molecule has 4 nitrogen and oxygen atoms in total. The molecule has 1 amide bonds. The van der Waals surface area contributed by atoms with Gasteiger partial charge >= 0.3 is 0 Å². The Morgan fingerprint density at radius 1 is 1.08 bits per heavy atom. The van der Waals surface area contributed by atoms with Gasteiger partial charge in [0, 0.05) is 19.0 Å². The van der Waals surface area contributed by atoms with Crippen molar-refractivity contribution < 1.29 is 14.7 Å². The van der Waals surface area contributed by atoms with Gasteiger partial charge in [-0.1, -0.05) is 66.7 Å². The molecule has 2 atom stereocenters. The van der Waals surface area contributed by atoms with Gasteiger partial charge in [-0.2, -0.15) is 0 Å². The van der Waals surface area contributed by atoms with Gasteiger partial charge in [0.2, 0.25) is 6.41 Å². The molecule has 0 saturated carbocycles. The summed E-state index contributed by atoms with van der Waals surface area (Å²) in [7, 11) is 0. The van der Waals surface area contributed by atoms with Crippen LogP contribution >= 0.6 is 0 Å². The van der Waals surface area contributed by atoms with Crippen molar-refractivity contribution in [3.63, 3.8) is 0 Å². The lowest BCUT2D eigenvalue weighted by Crippen LogP contribution is -2.30. The molecule has 1 N–H and O–H groups in total. The van der Waals surface area contributed by atoms with E-state index in [9.17, 15) is 14.7 Å². The van der Waals surface area contributed by atoms with Gasteiger partial charge < -0.3 is 10.0 Å². The van der Waals surface area contributed by atoms with E-state index < -0.39 is 6.10 Å². The summed E-state index contributed by atoms with van der Waals surface area (Å²) in [6, 6.07) is 18.9. The Morgan fingerprint density at radius 3 is 2.31 bits per heavy atom. The SMILES string of the molecule is C[C@H](C/C=C/C(=O)C[C@@H](O)c1ccccc1)N(C=O)Cc1ccccc1. The predicted molar refractivity (Wildman–Crippen MR) is 102 cm³/mol. The monoisotopic (exact) mass is 351 g/mol. The molecular weight excluding hydrogens is 326 g/mol. The maximum absolute atomic E-state index is 12.0. The first-order valence-corrected chi connectivity index (χ1v) is 8.77. The second kappa shape index (κ2) is 10.3. The number of carbonyl (C=O) groups excluding carboxylic acids is 2. The Bertz CT molecular complexity index is 713. The van der Waals surface area contributed by atoms with Crippen LogP contribution in [0.25, 0.3) is 0 Å². The number of rotatable bonds is 10. The maximum Gasteiger partial charge on any atom is 0.210 e. The molecule has 0 aliphatic heterocycles. The lowest BCUT2D eigenvalue weighted by Gasteiger charge is -2.24. The van der Waals surface area contributed by atoms with Gasteiger partial charge in [0.15, 0.2) is 5.78 Å². The third-order valence-corrected chi connectivity index (χ3v) is 4.27. The summed E-state index contributed by atoms with van der Waals surface area (Å²) in [4.78, 5) is 25.1. The van der Waals surface area contributed by atoms with E-state index in [-0.39, 0.29) is 18.2 Å². The summed E-state index contributed by atoms with van der Waals surface area (Å²) in [6.45, 7) is 2.49. The van der Waals surface area contributed by atoms with Crippen LogP contribution < -0.4 is 0 Å². The van der Waals surface area contributed by atoms with E-state index in [0.717, 1.165) is 17.5 Å². The quantitative estimate of drug-likeness (QED) is 0.525. The van der Waals surface area contributed by atoms with Gasteiger partial charge in [0.1, 0.15) is 0 Å². The molecule has 0 unspecified atom stereocenters. The Balaban J connectivity index is 1.82. The van der Waals surface area contributed by atoms with Crippen LogP contribution in [0.5, 0.6) is 0 Å². The Kier molecular flexibility index (Phi) is 7.77. The van der Waals surface area contributed by atoms with Gasteiger partial charge in [0.25, 0.3) is 0 Å². The largest absolute Gasteiger partial charge is 0.388 e. The minimum atomic E-state index is -0.796. The standard InChI is InChI=1S/C22H25NO3/c1-18(23(17-24)16-19-10-4-2-5-11-19)9-8-14-21(25)15-22(26)20-12-6-3-7-13-20/h2-8,10-14,17-18,22,26H,9,15-16H2,1H3/b14-8+/t18-,22-/m1/s1. The first-order valence-electron chi connectivity index (χ1n) is 8.77. The number of carbonyl (C=O) groups is 2. The fourth-order valence-electron chi connectivity index (χ4n) is 2.67. The van der Waals surface area contributed by atoms with Crippen molar-refractivity contribution in [3.8, 4) is 0 Å².